The largest absolute Gasteiger partial charge is 0.353 e. The molecule has 1 heterocycles. The fourth-order valence-corrected chi connectivity index (χ4v) is 7.90. The predicted molar refractivity (Wildman–Crippen MR) is 110 cm³/mol. The van der Waals surface area contributed by atoms with E-state index in [4.69, 9.17) is 0 Å². The molecule has 5 aliphatic carbocycles. The van der Waals surface area contributed by atoms with Crippen molar-refractivity contribution in [2.45, 2.75) is 102 Å². The van der Waals surface area contributed by atoms with Gasteiger partial charge in [-0.05, 0) is 93.8 Å². The number of nitrogens with zero attached hydrogens (tertiary/aromatic N) is 1. The Labute approximate surface area is 170 Å². The Kier molecular flexibility index (Phi) is 5.40. The van der Waals surface area contributed by atoms with Gasteiger partial charge in [-0.25, -0.2) is 0 Å². The van der Waals surface area contributed by atoms with Crippen LogP contribution in [0.3, 0.4) is 0 Å². The molecule has 0 aromatic carbocycles. The van der Waals surface area contributed by atoms with Crippen LogP contribution < -0.4 is 5.32 Å². The summed E-state index contributed by atoms with van der Waals surface area (Å²) in [5.74, 6) is 4.60. The van der Waals surface area contributed by atoms with E-state index in [0.717, 1.165) is 36.1 Å². The van der Waals surface area contributed by atoms with Gasteiger partial charge in [-0.1, -0.05) is 12.8 Å². The molecule has 2 amide bonds. The van der Waals surface area contributed by atoms with Gasteiger partial charge in [-0.15, -0.1) is 0 Å². The molecule has 2 atom stereocenters. The maximum atomic E-state index is 12.8. The van der Waals surface area contributed by atoms with Crippen LogP contribution >= 0.6 is 0 Å². The topological polar surface area (TPSA) is 49.4 Å². The van der Waals surface area contributed by atoms with Crippen LogP contribution in [0.15, 0.2) is 0 Å². The molecule has 1 N–H and O–H groups in total. The number of hydrogen-bond acceptors (Lipinski definition) is 2. The third-order valence-corrected chi connectivity index (χ3v) is 8.91. The van der Waals surface area contributed by atoms with Gasteiger partial charge in [0.15, 0.2) is 0 Å². The molecule has 6 fully saturated rings. The van der Waals surface area contributed by atoms with E-state index in [9.17, 15) is 9.59 Å². The number of fused-ring (bicyclic) bond motifs is 1. The highest BCUT2D eigenvalue weighted by molar-refractivity contribution is 5.79. The first-order valence-electron chi connectivity index (χ1n) is 12.3. The monoisotopic (exact) mass is 386 g/mol. The van der Waals surface area contributed by atoms with E-state index >= 15 is 0 Å². The maximum Gasteiger partial charge on any atom is 0.222 e. The molecule has 4 heteroatoms. The van der Waals surface area contributed by atoms with E-state index in [1.807, 2.05) is 0 Å². The molecule has 4 bridgehead atoms. The summed E-state index contributed by atoms with van der Waals surface area (Å²) in [5.41, 5.74) is 0. The Bertz CT molecular complexity index is 573. The van der Waals surface area contributed by atoms with E-state index in [1.165, 1.54) is 70.6 Å². The summed E-state index contributed by atoms with van der Waals surface area (Å²) >= 11 is 0. The minimum atomic E-state index is 0.194. The number of rotatable bonds is 5. The van der Waals surface area contributed by atoms with Crippen molar-refractivity contribution < 1.29 is 9.59 Å². The molecule has 6 aliphatic rings. The van der Waals surface area contributed by atoms with Crippen LogP contribution in [0.4, 0.5) is 0 Å². The fraction of sp³-hybridized carbons (Fsp3) is 0.917. The molecule has 4 nitrogen and oxygen atoms in total. The Hall–Kier alpha value is -1.06. The second-order valence-corrected chi connectivity index (χ2v) is 10.7. The quantitative estimate of drug-likeness (QED) is 0.767. The summed E-state index contributed by atoms with van der Waals surface area (Å²) in [4.78, 5) is 27.6. The third kappa shape index (κ3) is 3.73. The Morgan fingerprint density at radius 1 is 0.786 bits per heavy atom. The van der Waals surface area contributed by atoms with Crippen molar-refractivity contribution in [2.75, 3.05) is 6.54 Å². The van der Waals surface area contributed by atoms with Gasteiger partial charge in [0.25, 0.3) is 0 Å². The van der Waals surface area contributed by atoms with Gasteiger partial charge in [0.1, 0.15) is 0 Å². The van der Waals surface area contributed by atoms with E-state index < -0.39 is 0 Å². The summed E-state index contributed by atoms with van der Waals surface area (Å²) in [6.07, 6.45) is 16.2. The summed E-state index contributed by atoms with van der Waals surface area (Å²) < 4.78 is 0. The lowest BCUT2D eigenvalue weighted by atomic mass is 9.54. The summed E-state index contributed by atoms with van der Waals surface area (Å²) in [6.45, 7) is 0.944. The number of amides is 2. The lowest BCUT2D eigenvalue weighted by Crippen LogP contribution is -2.55. The average Bonchev–Trinajstić information content (AvgIpc) is 2.69. The van der Waals surface area contributed by atoms with Crippen molar-refractivity contribution in [1.82, 2.24) is 10.2 Å². The van der Waals surface area contributed by atoms with Crippen molar-refractivity contribution >= 4 is 11.8 Å². The summed E-state index contributed by atoms with van der Waals surface area (Å²) in [6, 6.07) is 0.929. The zero-order chi connectivity index (χ0) is 19.1. The van der Waals surface area contributed by atoms with Crippen molar-refractivity contribution in [2.24, 2.45) is 29.6 Å². The zero-order valence-corrected chi connectivity index (χ0v) is 17.4. The normalized spacial score (nSPS) is 41.6. The number of nitrogens with one attached hydrogen (secondary N) is 1. The van der Waals surface area contributed by atoms with Gasteiger partial charge < -0.3 is 10.2 Å². The predicted octanol–water partition coefficient (Wildman–Crippen LogP) is 4.28. The van der Waals surface area contributed by atoms with Gasteiger partial charge in [0, 0.05) is 31.5 Å². The zero-order valence-electron chi connectivity index (χ0n) is 17.4. The number of carbonyl (C=O) groups is 2. The van der Waals surface area contributed by atoms with E-state index in [0.29, 0.717) is 37.3 Å². The molecule has 0 spiro atoms. The number of likely N-dealkylation sites (tertiary alicyclic amines) is 1. The van der Waals surface area contributed by atoms with Crippen LogP contribution in [-0.2, 0) is 9.59 Å². The van der Waals surface area contributed by atoms with Crippen LogP contribution in [0.25, 0.3) is 0 Å². The van der Waals surface area contributed by atoms with Gasteiger partial charge in [0.05, 0.1) is 0 Å². The van der Waals surface area contributed by atoms with Crippen LogP contribution in [0.1, 0.15) is 89.9 Å². The third-order valence-electron chi connectivity index (χ3n) is 8.91. The molecule has 0 radical (unpaired) electrons. The first kappa shape index (κ1) is 18.9. The molecule has 156 valence electrons. The molecule has 1 aliphatic heterocycles. The average molecular weight is 387 g/mol. The molecule has 28 heavy (non-hydrogen) atoms. The van der Waals surface area contributed by atoms with Crippen molar-refractivity contribution in [3.05, 3.63) is 0 Å². The Morgan fingerprint density at radius 2 is 1.46 bits per heavy atom. The van der Waals surface area contributed by atoms with Crippen LogP contribution in [0, 0.1) is 29.6 Å². The molecule has 0 aromatic heterocycles. The lowest BCUT2D eigenvalue weighted by molar-refractivity contribution is -0.137. The lowest BCUT2D eigenvalue weighted by Gasteiger charge is -2.54. The molecule has 0 aromatic rings. The molecule has 2 unspecified atom stereocenters. The highest BCUT2D eigenvalue weighted by Crippen LogP contribution is 2.53. The first-order valence-corrected chi connectivity index (χ1v) is 12.3. The second kappa shape index (κ2) is 7.99. The number of piperidine rings is 1. The maximum absolute atomic E-state index is 12.8. The minimum absolute atomic E-state index is 0.194. The summed E-state index contributed by atoms with van der Waals surface area (Å²) in [7, 11) is 0. The van der Waals surface area contributed by atoms with Crippen molar-refractivity contribution in [3.8, 4) is 0 Å². The van der Waals surface area contributed by atoms with Crippen LogP contribution in [0.5, 0.6) is 0 Å². The molecule has 1 saturated heterocycles. The molecule has 5 saturated carbocycles. The SMILES string of the molecule is O=C(CCCC(=O)N1CCCC2CCCCC21)NC1C2CC3CC(C2)CC1C3. The standard InChI is InChI=1S/C24H38N2O2/c27-22(25-24-19-12-16-11-17(14-19)15-20(24)13-16)8-3-9-23(28)26-10-4-6-18-5-1-2-7-21(18)26/h16-21,24H,1-15H2,(H,25,27). The fourth-order valence-electron chi connectivity index (χ4n) is 7.90. The van der Waals surface area contributed by atoms with Gasteiger partial charge in [0.2, 0.25) is 11.8 Å². The van der Waals surface area contributed by atoms with E-state index in [-0.39, 0.29) is 5.91 Å². The molecule has 6 rings (SSSR count). The van der Waals surface area contributed by atoms with E-state index in [1.54, 1.807) is 0 Å². The van der Waals surface area contributed by atoms with Crippen molar-refractivity contribution in [3.63, 3.8) is 0 Å². The van der Waals surface area contributed by atoms with Crippen LogP contribution in [-0.4, -0.2) is 35.3 Å². The van der Waals surface area contributed by atoms with Crippen LogP contribution in [0.2, 0.25) is 0 Å². The summed E-state index contributed by atoms with van der Waals surface area (Å²) in [5, 5.41) is 3.40. The highest BCUT2D eigenvalue weighted by Gasteiger charge is 2.48. The van der Waals surface area contributed by atoms with E-state index in [2.05, 4.69) is 10.2 Å². The minimum Gasteiger partial charge on any atom is -0.353 e. The Morgan fingerprint density at radius 3 is 2.21 bits per heavy atom. The number of hydrogen-bond donors (Lipinski definition) is 1. The van der Waals surface area contributed by atoms with Crippen molar-refractivity contribution in [1.29, 1.82) is 0 Å². The highest BCUT2D eigenvalue weighted by atomic mass is 16.2. The number of carbonyl (C=O) groups excluding carboxylic acids is 2. The van der Waals surface area contributed by atoms with Gasteiger partial charge in [-0.2, -0.15) is 0 Å². The molecular formula is C24H38N2O2. The first-order chi connectivity index (χ1) is 13.7. The molecular weight excluding hydrogens is 348 g/mol. The van der Waals surface area contributed by atoms with Gasteiger partial charge in [-0.3, -0.25) is 9.59 Å². The smallest absolute Gasteiger partial charge is 0.222 e. The Balaban J connectivity index is 1.07. The van der Waals surface area contributed by atoms with Gasteiger partial charge >= 0.3 is 0 Å². The second-order valence-electron chi connectivity index (χ2n) is 10.7.